The highest BCUT2D eigenvalue weighted by Crippen LogP contribution is 2.22. The molecule has 2 aromatic carbocycles. The lowest BCUT2D eigenvalue weighted by Gasteiger charge is -2.16. The van der Waals surface area contributed by atoms with E-state index in [-0.39, 0.29) is 5.92 Å². The largest absolute Gasteiger partial charge is 0.494 e. The summed E-state index contributed by atoms with van der Waals surface area (Å²) in [5.41, 5.74) is 8.24. The maximum absolute atomic E-state index is 6.02. The van der Waals surface area contributed by atoms with Gasteiger partial charge in [0.05, 0.1) is 6.61 Å². The Hall–Kier alpha value is -1.51. The van der Waals surface area contributed by atoms with E-state index in [1.165, 1.54) is 11.1 Å². The van der Waals surface area contributed by atoms with E-state index >= 15 is 0 Å². The maximum Gasteiger partial charge on any atom is 0.119 e. The molecule has 0 saturated heterocycles. The second kappa shape index (κ2) is 7.32. The number of nitrogens with two attached hydrogens (primary N) is 1. The van der Waals surface area contributed by atoms with Crippen molar-refractivity contribution in [2.45, 2.75) is 19.3 Å². The van der Waals surface area contributed by atoms with Crippen LogP contribution in [0.15, 0.2) is 48.5 Å². The number of ether oxygens (including phenoxy) is 1. The molecule has 0 aliphatic rings. The first-order valence-corrected chi connectivity index (χ1v) is 7.22. The molecular weight excluding hydrogens is 270 g/mol. The van der Waals surface area contributed by atoms with Crippen LogP contribution in [0.1, 0.15) is 23.5 Å². The molecule has 1 atom stereocenters. The molecule has 106 valence electrons. The van der Waals surface area contributed by atoms with Crippen LogP contribution in [0.4, 0.5) is 0 Å². The summed E-state index contributed by atoms with van der Waals surface area (Å²) in [7, 11) is 0. The standard InChI is InChI=1S/C17H20ClNO/c1-13-4-2-7-17(10-13)20-9-8-15(12-19)14-5-3-6-16(18)11-14/h2-7,10-11,15H,8-9,12,19H2,1H3. The van der Waals surface area contributed by atoms with Gasteiger partial charge in [-0.1, -0.05) is 35.9 Å². The van der Waals surface area contributed by atoms with Crippen molar-refractivity contribution >= 4 is 11.6 Å². The molecule has 0 saturated carbocycles. The van der Waals surface area contributed by atoms with Gasteiger partial charge in [0, 0.05) is 5.02 Å². The predicted octanol–water partition coefficient (Wildman–Crippen LogP) is 4.16. The van der Waals surface area contributed by atoms with Crippen molar-refractivity contribution in [2.24, 2.45) is 5.73 Å². The number of hydrogen-bond donors (Lipinski definition) is 1. The first-order valence-electron chi connectivity index (χ1n) is 6.84. The summed E-state index contributed by atoms with van der Waals surface area (Å²) in [6.45, 7) is 3.30. The molecule has 2 nitrogen and oxygen atoms in total. The molecule has 0 spiro atoms. The third-order valence-electron chi connectivity index (χ3n) is 3.33. The summed E-state index contributed by atoms with van der Waals surface area (Å²) in [6.07, 6.45) is 0.880. The zero-order valence-electron chi connectivity index (χ0n) is 11.7. The molecule has 3 heteroatoms. The quantitative estimate of drug-likeness (QED) is 0.866. The molecule has 0 aliphatic carbocycles. The topological polar surface area (TPSA) is 35.2 Å². The van der Waals surface area contributed by atoms with Gasteiger partial charge in [0.2, 0.25) is 0 Å². The zero-order chi connectivity index (χ0) is 14.4. The van der Waals surface area contributed by atoms with Crippen LogP contribution in [0, 0.1) is 6.92 Å². The Morgan fingerprint density at radius 2 is 1.95 bits per heavy atom. The van der Waals surface area contributed by atoms with Crippen molar-refractivity contribution in [1.29, 1.82) is 0 Å². The van der Waals surface area contributed by atoms with Crippen LogP contribution in [0.3, 0.4) is 0 Å². The highest BCUT2D eigenvalue weighted by molar-refractivity contribution is 6.30. The molecule has 0 fully saturated rings. The van der Waals surface area contributed by atoms with Crippen LogP contribution >= 0.6 is 11.6 Å². The first kappa shape index (κ1) is 14.9. The zero-order valence-corrected chi connectivity index (χ0v) is 12.4. The van der Waals surface area contributed by atoms with Gasteiger partial charge in [0.15, 0.2) is 0 Å². The Labute approximate surface area is 125 Å². The van der Waals surface area contributed by atoms with Gasteiger partial charge in [0.25, 0.3) is 0 Å². The Morgan fingerprint density at radius 3 is 2.65 bits per heavy atom. The fourth-order valence-electron chi connectivity index (χ4n) is 2.21. The Morgan fingerprint density at radius 1 is 1.15 bits per heavy atom. The minimum atomic E-state index is 0.276. The summed E-state index contributed by atoms with van der Waals surface area (Å²) in [5, 5.41) is 0.751. The van der Waals surface area contributed by atoms with Crippen LogP contribution < -0.4 is 10.5 Å². The van der Waals surface area contributed by atoms with Crippen molar-refractivity contribution in [3.63, 3.8) is 0 Å². The van der Waals surface area contributed by atoms with Gasteiger partial charge in [-0.05, 0) is 61.2 Å². The summed E-state index contributed by atoms with van der Waals surface area (Å²) in [4.78, 5) is 0. The molecule has 0 radical (unpaired) electrons. The van der Waals surface area contributed by atoms with Crippen molar-refractivity contribution in [2.75, 3.05) is 13.2 Å². The van der Waals surface area contributed by atoms with E-state index in [0.717, 1.165) is 17.2 Å². The second-order valence-corrected chi connectivity index (χ2v) is 5.38. The second-order valence-electron chi connectivity index (χ2n) is 4.94. The fourth-order valence-corrected chi connectivity index (χ4v) is 2.40. The summed E-state index contributed by atoms with van der Waals surface area (Å²) >= 11 is 6.02. The number of hydrogen-bond acceptors (Lipinski definition) is 2. The molecule has 20 heavy (non-hydrogen) atoms. The van der Waals surface area contributed by atoms with Crippen LogP contribution in [0.25, 0.3) is 0 Å². The predicted molar refractivity (Wildman–Crippen MR) is 84.5 cm³/mol. The number of halogens is 1. The van der Waals surface area contributed by atoms with Gasteiger partial charge in [-0.3, -0.25) is 0 Å². The van der Waals surface area contributed by atoms with Crippen molar-refractivity contribution in [1.82, 2.24) is 0 Å². The van der Waals surface area contributed by atoms with Gasteiger partial charge in [-0.25, -0.2) is 0 Å². The lowest BCUT2D eigenvalue weighted by molar-refractivity contribution is 0.298. The average Bonchev–Trinajstić information content (AvgIpc) is 2.44. The van der Waals surface area contributed by atoms with Gasteiger partial charge in [0.1, 0.15) is 5.75 Å². The summed E-state index contributed by atoms with van der Waals surface area (Å²) in [5.74, 6) is 1.19. The van der Waals surface area contributed by atoms with Crippen LogP contribution in [-0.2, 0) is 0 Å². The first-order chi connectivity index (χ1) is 9.69. The molecule has 0 heterocycles. The molecule has 2 aromatic rings. The molecular formula is C17H20ClNO. The minimum absolute atomic E-state index is 0.276. The lowest BCUT2D eigenvalue weighted by Crippen LogP contribution is -2.15. The smallest absolute Gasteiger partial charge is 0.119 e. The normalized spacial score (nSPS) is 12.2. The highest BCUT2D eigenvalue weighted by Gasteiger charge is 2.10. The minimum Gasteiger partial charge on any atom is -0.494 e. The van der Waals surface area contributed by atoms with Crippen molar-refractivity contribution in [3.8, 4) is 5.75 Å². The number of rotatable bonds is 6. The third kappa shape index (κ3) is 4.26. The van der Waals surface area contributed by atoms with E-state index in [1.807, 2.05) is 36.4 Å². The molecule has 0 amide bonds. The number of aryl methyl sites for hydroxylation is 1. The van der Waals surface area contributed by atoms with E-state index in [4.69, 9.17) is 22.1 Å². The van der Waals surface area contributed by atoms with E-state index in [0.29, 0.717) is 13.2 Å². The molecule has 0 bridgehead atoms. The molecule has 2 N–H and O–H groups in total. The molecule has 0 aromatic heterocycles. The van der Waals surface area contributed by atoms with Gasteiger partial charge < -0.3 is 10.5 Å². The number of benzene rings is 2. The summed E-state index contributed by atoms with van der Waals surface area (Å²) in [6, 6.07) is 16.0. The van der Waals surface area contributed by atoms with Crippen LogP contribution in [0.5, 0.6) is 5.75 Å². The Balaban J connectivity index is 1.91. The third-order valence-corrected chi connectivity index (χ3v) is 3.56. The summed E-state index contributed by atoms with van der Waals surface area (Å²) < 4.78 is 5.78. The van der Waals surface area contributed by atoms with Gasteiger partial charge in [-0.2, -0.15) is 0 Å². The van der Waals surface area contributed by atoms with Gasteiger partial charge in [-0.15, -0.1) is 0 Å². The Kier molecular flexibility index (Phi) is 5.45. The van der Waals surface area contributed by atoms with E-state index in [9.17, 15) is 0 Å². The van der Waals surface area contributed by atoms with Crippen molar-refractivity contribution in [3.05, 3.63) is 64.7 Å². The monoisotopic (exact) mass is 289 g/mol. The maximum atomic E-state index is 6.02. The van der Waals surface area contributed by atoms with Crippen molar-refractivity contribution < 1.29 is 4.74 Å². The molecule has 1 unspecified atom stereocenters. The van der Waals surface area contributed by atoms with Crippen LogP contribution in [0.2, 0.25) is 5.02 Å². The fraction of sp³-hybridized carbons (Fsp3) is 0.294. The average molecular weight is 290 g/mol. The van der Waals surface area contributed by atoms with E-state index < -0.39 is 0 Å². The van der Waals surface area contributed by atoms with E-state index in [2.05, 4.69) is 19.1 Å². The van der Waals surface area contributed by atoms with Gasteiger partial charge >= 0.3 is 0 Å². The highest BCUT2D eigenvalue weighted by atomic mass is 35.5. The Bertz CT molecular complexity index is 556. The lowest BCUT2D eigenvalue weighted by atomic mass is 9.96. The molecule has 2 rings (SSSR count). The molecule has 0 aliphatic heterocycles. The van der Waals surface area contributed by atoms with Crippen LogP contribution in [-0.4, -0.2) is 13.2 Å². The SMILES string of the molecule is Cc1cccc(OCCC(CN)c2cccc(Cl)c2)c1. The van der Waals surface area contributed by atoms with E-state index in [1.54, 1.807) is 0 Å².